The Hall–Kier alpha value is -2.31. The van der Waals surface area contributed by atoms with E-state index in [-0.39, 0.29) is 0 Å². The van der Waals surface area contributed by atoms with Gasteiger partial charge in [0, 0.05) is 61.3 Å². The second kappa shape index (κ2) is 9.46. The summed E-state index contributed by atoms with van der Waals surface area (Å²) in [7, 11) is -3.37. The topological polar surface area (TPSA) is 98.6 Å². The summed E-state index contributed by atoms with van der Waals surface area (Å²) in [5, 5.41) is 8.94. The predicted molar refractivity (Wildman–Crippen MR) is 149 cm³/mol. The molecular formula is C26H35N7O2S2. The smallest absolute Gasteiger partial charge is 0.282 e. The summed E-state index contributed by atoms with van der Waals surface area (Å²) >= 11 is 1.85. The van der Waals surface area contributed by atoms with Crippen LogP contribution in [0.4, 0.5) is 0 Å². The van der Waals surface area contributed by atoms with E-state index in [2.05, 4.69) is 60.3 Å². The zero-order valence-corrected chi connectivity index (χ0v) is 23.5. The molecule has 4 aromatic heterocycles. The van der Waals surface area contributed by atoms with E-state index >= 15 is 0 Å². The Balaban J connectivity index is 1.30. The van der Waals surface area contributed by atoms with Gasteiger partial charge in [0.25, 0.3) is 10.2 Å². The summed E-state index contributed by atoms with van der Waals surface area (Å²) in [4.78, 5) is 10.7. The molecule has 4 aromatic rings. The van der Waals surface area contributed by atoms with Gasteiger partial charge in [-0.1, -0.05) is 13.8 Å². The van der Waals surface area contributed by atoms with Crippen LogP contribution in [-0.2, 0) is 10.2 Å². The van der Waals surface area contributed by atoms with E-state index in [1.165, 1.54) is 26.2 Å². The highest BCUT2D eigenvalue weighted by atomic mass is 32.2. The van der Waals surface area contributed by atoms with Crippen LogP contribution in [0, 0.1) is 13.8 Å². The first-order valence-electron chi connectivity index (χ1n) is 13.2. The summed E-state index contributed by atoms with van der Waals surface area (Å²) in [6.07, 6.45) is 5.38. The lowest BCUT2D eigenvalue weighted by Gasteiger charge is -2.36. The number of pyridine rings is 1. The van der Waals surface area contributed by atoms with Crippen LogP contribution in [0.3, 0.4) is 0 Å². The highest BCUT2D eigenvalue weighted by molar-refractivity contribution is 7.86. The number of aryl methyl sites for hydroxylation is 2. The fraction of sp³-hybridized carbons (Fsp3) is 0.538. The number of nitrogens with zero attached hydrogens (tertiary/aromatic N) is 5. The molecule has 0 amide bonds. The first-order valence-corrected chi connectivity index (χ1v) is 15.4. The summed E-state index contributed by atoms with van der Waals surface area (Å²) in [6.45, 7) is 12.6. The lowest BCUT2D eigenvalue weighted by Crippen LogP contribution is -2.53. The summed E-state index contributed by atoms with van der Waals surface area (Å²) in [5.74, 6) is 0.736. The number of nitrogens with one attached hydrogen (secondary N) is 2. The molecule has 0 spiro atoms. The first kappa shape index (κ1) is 25.0. The van der Waals surface area contributed by atoms with E-state index in [4.69, 9.17) is 0 Å². The van der Waals surface area contributed by atoms with E-state index in [0.29, 0.717) is 38.0 Å². The van der Waals surface area contributed by atoms with Crippen molar-refractivity contribution in [2.24, 2.45) is 0 Å². The number of hydrogen-bond acceptors (Lipinski definition) is 6. The maximum absolute atomic E-state index is 13.1. The number of hydrogen-bond donors (Lipinski definition) is 2. The SMILES string of the molecule is Cc1c(C2CCN(S(=O)(=O)N3CCNCC3)CC2)sc2[nH]c(-c3cc(C)c4ncnn4c3)c(C(C)C)c12. The maximum Gasteiger partial charge on any atom is 0.282 e. The first-order chi connectivity index (χ1) is 17.8. The van der Waals surface area contributed by atoms with Crippen LogP contribution in [0.25, 0.3) is 27.1 Å². The van der Waals surface area contributed by atoms with Crippen molar-refractivity contribution >= 4 is 37.4 Å². The molecule has 0 aliphatic carbocycles. The molecule has 0 radical (unpaired) electrons. The largest absolute Gasteiger partial charge is 0.346 e. The molecule has 0 unspecified atom stereocenters. The van der Waals surface area contributed by atoms with Crippen LogP contribution in [0.2, 0.25) is 0 Å². The van der Waals surface area contributed by atoms with Gasteiger partial charge in [0.2, 0.25) is 0 Å². The average Bonchev–Trinajstić information content (AvgIpc) is 3.60. The van der Waals surface area contributed by atoms with E-state index in [1.807, 2.05) is 15.9 Å². The predicted octanol–water partition coefficient (Wildman–Crippen LogP) is 4.01. The Morgan fingerprint density at radius 2 is 1.78 bits per heavy atom. The van der Waals surface area contributed by atoms with Gasteiger partial charge in [0.15, 0.2) is 5.65 Å². The molecule has 2 saturated heterocycles. The van der Waals surface area contributed by atoms with Crippen LogP contribution < -0.4 is 5.32 Å². The molecule has 9 nitrogen and oxygen atoms in total. The Morgan fingerprint density at radius 3 is 2.49 bits per heavy atom. The van der Waals surface area contributed by atoms with Gasteiger partial charge in [-0.2, -0.15) is 22.1 Å². The van der Waals surface area contributed by atoms with Crippen molar-refractivity contribution in [3.8, 4) is 11.3 Å². The summed E-state index contributed by atoms with van der Waals surface area (Å²) < 4.78 is 31.5. The standard InChI is InChI=1S/C26H35N7O2S2/c1-16(2)21-22-18(4)24(19-5-9-31(10-6-19)37(34,35)32-11-7-27-8-12-32)36-26(22)30-23(21)20-13-17(3)25-28-15-29-33(25)14-20/h13-16,19,27,30H,5-12H2,1-4H3. The zero-order valence-electron chi connectivity index (χ0n) is 21.9. The Morgan fingerprint density at radius 1 is 1.08 bits per heavy atom. The molecule has 198 valence electrons. The zero-order chi connectivity index (χ0) is 25.9. The molecule has 0 atom stereocenters. The van der Waals surface area contributed by atoms with Gasteiger partial charge in [-0.3, -0.25) is 0 Å². The summed E-state index contributed by atoms with van der Waals surface area (Å²) in [5.41, 5.74) is 6.94. The Bertz CT molecular complexity index is 1550. The molecular weight excluding hydrogens is 506 g/mol. The van der Waals surface area contributed by atoms with Crippen molar-refractivity contribution in [3.63, 3.8) is 0 Å². The minimum Gasteiger partial charge on any atom is -0.346 e. The van der Waals surface area contributed by atoms with Crippen molar-refractivity contribution in [3.05, 3.63) is 40.2 Å². The Labute approximate surface area is 222 Å². The molecule has 2 aliphatic heterocycles. The average molecular weight is 542 g/mol. The minimum absolute atomic E-state index is 0.350. The van der Waals surface area contributed by atoms with Crippen LogP contribution in [0.5, 0.6) is 0 Å². The second-order valence-electron chi connectivity index (χ2n) is 10.6. The van der Waals surface area contributed by atoms with E-state index in [1.54, 1.807) is 14.9 Å². The monoisotopic (exact) mass is 541 g/mol. The maximum atomic E-state index is 13.1. The van der Waals surface area contributed by atoms with E-state index in [9.17, 15) is 8.42 Å². The molecule has 2 N–H and O–H groups in total. The number of thiophene rings is 1. The fourth-order valence-electron chi connectivity index (χ4n) is 6.06. The lowest BCUT2D eigenvalue weighted by molar-refractivity contribution is 0.276. The molecule has 6 rings (SSSR count). The third kappa shape index (κ3) is 4.21. The molecule has 0 aromatic carbocycles. The van der Waals surface area contributed by atoms with Crippen molar-refractivity contribution < 1.29 is 8.42 Å². The number of piperidine rings is 1. The number of aromatic nitrogens is 4. The molecule has 0 bridgehead atoms. The normalized spacial score (nSPS) is 19.1. The van der Waals surface area contributed by atoms with E-state index in [0.717, 1.165) is 48.4 Å². The van der Waals surface area contributed by atoms with Crippen molar-refractivity contribution in [2.45, 2.75) is 52.4 Å². The number of rotatable bonds is 5. The molecule has 11 heteroatoms. The number of fused-ring (bicyclic) bond motifs is 2. The lowest BCUT2D eigenvalue weighted by atomic mass is 9.91. The Kier molecular flexibility index (Phi) is 6.39. The van der Waals surface area contributed by atoms with Crippen molar-refractivity contribution in [2.75, 3.05) is 39.3 Å². The third-order valence-electron chi connectivity index (χ3n) is 7.94. The van der Waals surface area contributed by atoms with Gasteiger partial charge in [-0.15, -0.1) is 11.3 Å². The van der Waals surface area contributed by atoms with Gasteiger partial charge in [0.05, 0.1) is 5.69 Å². The van der Waals surface area contributed by atoms with Crippen molar-refractivity contribution in [1.29, 1.82) is 0 Å². The van der Waals surface area contributed by atoms with Crippen LogP contribution >= 0.6 is 11.3 Å². The van der Waals surface area contributed by atoms with Gasteiger partial charge in [-0.05, 0) is 61.3 Å². The second-order valence-corrected chi connectivity index (χ2v) is 13.6. The van der Waals surface area contributed by atoms with Crippen LogP contribution in [0.15, 0.2) is 18.6 Å². The highest BCUT2D eigenvalue weighted by Gasteiger charge is 2.35. The van der Waals surface area contributed by atoms with Crippen molar-refractivity contribution in [1.82, 2.24) is 33.5 Å². The molecule has 37 heavy (non-hydrogen) atoms. The van der Waals surface area contributed by atoms with Crippen LogP contribution in [0.1, 0.15) is 60.1 Å². The molecule has 6 heterocycles. The molecule has 2 fully saturated rings. The van der Waals surface area contributed by atoms with Gasteiger partial charge in [-0.25, -0.2) is 9.50 Å². The highest BCUT2D eigenvalue weighted by Crippen LogP contribution is 2.46. The van der Waals surface area contributed by atoms with Gasteiger partial charge in [0.1, 0.15) is 11.2 Å². The summed E-state index contributed by atoms with van der Waals surface area (Å²) in [6, 6.07) is 2.19. The number of piperazine rings is 1. The number of aromatic amines is 1. The van der Waals surface area contributed by atoms with Gasteiger partial charge < -0.3 is 10.3 Å². The fourth-order valence-corrected chi connectivity index (χ4v) is 9.10. The van der Waals surface area contributed by atoms with E-state index < -0.39 is 10.2 Å². The van der Waals surface area contributed by atoms with Gasteiger partial charge >= 0.3 is 0 Å². The molecule has 0 saturated carbocycles. The molecule has 2 aliphatic rings. The minimum atomic E-state index is -3.37. The quantitative estimate of drug-likeness (QED) is 0.398. The van der Waals surface area contributed by atoms with Crippen LogP contribution in [-0.4, -0.2) is 75.9 Å². The number of H-pyrrole nitrogens is 1. The third-order valence-corrected chi connectivity index (χ3v) is 11.3.